The summed E-state index contributed by atoms with van der Waals surface area (Å²) in [6.07, 6.45) is 1.36. The normalized spacial score (nSPS) is 10.6. The Morgan fingerprint density at radius 3 is 2.81 bits per heavy atom. The van der Waals surface area contributed by atoms with Crippen LogP contribution in [0.15, 0.2) is 47.6 Å². The van der Waals surface area contributed by atoms with Crippen LogP contribution >= 0.6 is 23.8 Å². The molecule has 0 aliphatic carbocycles. The number of hydrazone groups is 1. The van der Waals surface area contributed by atoms with E-state index in [4.69, 9.17) is 23.8 Å². The van der Waals surface area contributed by atoms with E-state index in [-0.39, 0.29) is 16.5 Å². The van der Waals surface area contributed by atoms with Crippen LogP contribution in [0.2, 0.25) is 5.02 Å². The van der Waals surface area contributed by atoms with Crippen molar-refractivity contribution in [1.29, 1.82) is 0 Å². The summed E-state index contributed by atoms with van der Waals surface area (Å²) in [4.78, 5) is 0. The van der Waals surface area contributed by atoms with Crippen LogP contribution < -0.4 is 10.7 Å². The zero-order valence-corrected chi connectivity index (χ0v) is 12.2. The Labute approximate surface area is 131 Å². The highest BCUT2D eigenvalue weighted by molar-refractivity contribution is 7.80. The highest BCUT2D eigenvalue weighted by Crippen LogP contribution is 2.19. The molecule has 2 aromatic rings. The minimum absolute atomic E-state index is 0.0398. The molecule has 4 nitrogen and oxygen atoms in total. The standard InChI is InChI=1S/C14H11ClFN3OS/c15-10-5-6-13(20)9(7-10)8-17-19-14(21)18-12-4-2-1-3-11(12)16/h1-8,20H,(H2,18,19,21)/b17-8+. The number of rotatable bonds is 3. The summed E-state index contributed by atoms with van der Waals surface area (Å²) in [6.45, 7) is 0. The molecule has 0 saturated heterocycles. The van der Waals surface area contributed by atoms with Crippen LogP contribution in [0.5, 0.6) is 5.75 Å². The highest BCUT2D eigenvalue weighted by atomic mass is 35.5. The lowest BCUT2D eigenvalue weighted by atomic mass is 10.2. The van der Waals surface area contributed by atoms with Crippen molar-refractivity contribution in [3.63, 3.8) is 0 Å². The molecular formula is C14H11ClFN3OS. The topological polar surface area (TPSA) is 56.7 Å². The Morgan fingerprint density at radius 1 is 1.29 bits per heavy atom. The van der Waals surface area contributed by atoms with Crippen molar-refractivity contribution in [2.45, 2.75) is 0 Å². The van der Waals surface area contributed by atoms with Gasteiger partial charge in [-0.1, -0.05) is 23.7 Å². The van der Waals surface area contributed by atoms with Crippen LogP contribution in [0.1, 0.15) is 5.56 Å². The minimum atomic E-state index is -0.418. The molecule has 108 valence electrons. The molecule has 0 radical (unpaired) electrons. The summed E-state index contributed by atoms with van der Waals surface area (Å²) >= 11 is 10.8. The van der Waals surface area contributed by atoms with Gasteiger partial charge in [0.15, 0.2) is 5.11 Å². The molecule has 0 spiro atoms. The largest absolute Gasteiger partial charge is 0.507 e. The van der Waals surface area contributed by atoms with Crippen LogP contribution in [0.25, 0.3) is 0 Å². The minimum Gasteiger partial charge on any atom is -0.507 e. The molecule has 2 rings (SSSR count). The van der Waals surface area contributed by atoms with Gasteiger partial charge in [-0.3, -0.25) is 5.43 Å². The van der Waals surface area contributed by atoms with Crippen LogP contribution in [0.3, 0.4) is 0 Å². The lowest BCUT2D eigenvalue weighted by molar-refractivity contribution is 0.474. The molecular weight excluding hydrogens is 313 g/mol. The third-order valence-corrected chi connectivity index (χ3v) is 2.91. The van der Waals surface area contributed by atoms with E-state index in [2.05, 4.69) is 15.8 Å². The first kappa shape index (κ1) is 15.2. The quantitative estimate of drug-likeness (QED) is 0.460. The number of hydrogen-bond donors (Lipinski definition) is 3. The molecule has 0 aromatic heterocycles. The molecule has 0 amide bonds. The molecule has 0 saturated carbocycles. The first-order valence-corrected chi connectivity index (χ1v) is 6.68. The second kappa shape index (κ2) is 7.01. The van der Waals surface area contributed by atoms with Crippen molar-refractivity contribution in [3.05, 3.63) is 58.9 Å². The maximum absolute atomic E-state index is 13.4. The summed E-state index contributed by atoms with van der Waals surface area (Å²) in [5.41, 5.74) is 3.20. The molecule has 0 unspecified atom stereocenters. The van der Waals surface area contributed by atoms with E-state index in [0.717, 1.165) is 0 Å². The second-order valence-corrected chi connectivity index (χ2v) is 4.85. The van der Waals surface area contributed by atoms with E-state index in [1.54, 1.807) is 30.3 Å². The summed E-state index contributed by atoms with van der Waals surface area (Å²) < 4.78 is 13.4. The first-order chi connectivity index (χ1) is 10.1. The monoisotopic (exact) mass is 323 g/mol. The first-order valence-electron chi connectivity index (χ1n) is 5.89. The predicted octanol–water partition coefficient (Wildman–Crippen LogP) is 3.51. The Hall–Kier alpha value is -2.18. The second-order valence-electron chi connectivity index (χ2n) is 4.01. The van der Waals surface area contributed by atoms with Gasteiger partial charge in [-0.15, -0.1) is 0 Å². The highest BCUT2D eigenvalue weighted by Gasteiger charge is 2.02. The van der Waals surface area contributed by atoms with Gasteiger partial charge in [0.25, 0.3) is 0 Å². The zero-order valence-electron chi connectivity index (χ0n) is 10.7. The molecule has 0 aliphatic rings. The van der Waals surface area contributed by atoms with Crippen LogP contribution in [-0.2, 0) is 0 Å². The van der Waals surface area contributed by atoms with Crippen LogP contribution in [-0.4, -0.2) is 16.4 Å². The van der Waals surface area contributed by atoms with E-state index in [0.29, 0.717) is 10.6 Å². The lowest BCUT2D eigenvalue weighted by Gasteiger charge is -2.07. The van der Waals surface area contributed by atoms with Crippen LogP contribution in [0.4, 0.5) is 10.1 Å². The fourth-order valence-corrected chi connectivity index (χ4v) is 1.85. The number of para-hydroxylation sites is 1. The Bertz CT molecular complexity index is 694. The van der Waals surface area contributed by atoms with Crippen molar-refractivity contribution in [2.75, 3.05) is 5.32 Å². The molecule has 0 atom stereocenters. The number of hydrogen-bond acceptors (Lipinski definition) is 3. The Morgan fingerprint density at radius 2 is 2.05 bits per heavy atom. The smallest absolute Gasteiger partial charge is 0.191 e. The van der Waals surface area contributed by atoms with Gasteiger partial charge in [-0.05, 0) is 42.5 Å². The van der Waals surface area contributed by atoms with Gasteiger partial charge in [-0.25, -0.2) is 4.39 Å². The Kier molecular flexibility index (Phi) is 5.08. The molecule has 0 fully saturated rings. The van der Waals surface area contributed by atoms with Crippen molar-refractivity contribution in [2.24, 2.45) is 5.10 Å². The molecule has 0 bridgehead atoms. The number of aromatic hydroxyl groups is 1. The zero-order chi connectivity index (χ0) is 15.2. The van der Waals surface area contributed by atoms with E-state index < -0.39 is 5.82 Å². The molecule has 2 aromatic carbocycles. The van der Waals surface area contributed by atoms with Crippen molar-refractivity contribution >= 4 is 40.8 Å². The summed E-state index contributed by atoms with van der Waals surface area (Å²) in [6, 6.07) is 10.7. The maximum Gasteiger partial charge on any atom is 0.191 e. The van der Waals surface area contributed by atoms with Gasteiger partial charge in [-0.2, -0.15) is 5.10 Å². The van der Waals surface area contributed by atoms with E-state index in [9.17, 15) is 9.50 Å². The predicted molar refractivity (Wildman–Crippen MR) is 86.5 cm³/mol. The van der Waals surface area contributed by atoms with Crippen LogP contribution in [0, 0.1) is 5.82 Å². The molecule has 0 aliphatic heterocycles. The number of phenolic OH excluding ortho intramolecular Hbond substituents is 1. The summed E-state index contributed by atoms with van der Waals surface area (Å²) in [5, 5.41) is 16.7. The van der Waals surface area contributed by atoms with E-state index in [1.807, 2.05) is 0 Å². The molecule has 21 heavy (non-hydrogen) atoms. The van der Waals surface area contributed by atoms with Gasteiger partial charge < -0.3 is 10.4 Å². The van der Waals surface area contributed by atoms with Gasteiger partial charge >= 0.3 is 0 Å². The van der Waals surface area contributed by atoms with Gasteiger partial charge in [0.05, 0.1) is 11.9 Å². The molecule has 3 N–H and O–H groups in total. The molecule has 7 heteroatoms. The third kappa shape index (κ3) is 4.40. The number of thiocarbonyl (C=S) groups is 1. The van der Waals surface area contributed by atoms with Crippen molar-refractivity contribution < 1.29 is 9.50 Å². The lowest BCUT2D eigenvalue weighted by Crippen LogP contribution is -2.24. The fraction of sp³-hybridized carbons (Fsp3) is 0. The van der Waals surface area contributed by atoms with Crippen molar-refractivity contribution in [3.8, 4) is 5.75 Å². The molecule has 0 heterocycles. The number of nitrogens with one attached hydrogen (secondary N) is 2. The number of anilines is 1. The van der Waals surface area contributed by atoms with E-state index >= 15 is 0 Å². The van der Waals surface area contributed by atoms with Gasteiger partial charge in [0, 0.05) is 10.6 Å². The summed E-state index contributed by atoms with van der Waals surface area (Å²) in [7, 11) is 0. The average molecular weight is 324 g/mol. The van der Waals surface area contributed by atoms with Crippen molar-refractivity contribution in [1.82, 2.24) is 5.43 Å². The number of phenols is 1. The summed E-state index contributed by atoms with van der Waals surface area (Å²) in [5.74, 6) is -0.379. The fourth-order valence-electron chi connectivity index (χ4n) is 1.50. The average Bonchev–Trinajstić information content (AvgIpc) is 2.45. The number of nitrogens with zero attached hydrogens (tertiary/aromatic N) is 1. The SMILES string of the molecule is Oc1ccc(Cl)cc1/C=N/NC(=S)Nc1ccccc1F. The van der Waals surface area contributed by atoms with E-state index in [1.165, 1.54) is 18.3 Å². The maximum atomic E-state index is 13.4. The van der Waals surface area contributed by atoms with Gasteiger partial charge in [0.1, 0.15) is 11.6 Å². The van der Waals surface area contributed by atoms with Gasteiger partial charge in [0.2, 0.25) is 0 Å². The Balaban J connectivity index is 1.96. The number of benzene rings is 2. The number of halogens is 2. The third-order valence-electron chi connectivity index (χ3n) is 2.48.